The zero-order chi connectivity index (χ0) is 24.8. The Morgan fingerprint density at radius 3 is 2.86 bits per heavy atom. The highest BCUT2D eigenvalue weighted by Gasteiger charge is 2.35. The number of nitrogens with zero attached hydrogens (tertiary/aromatic N) is 4. The third-order valence-electron chi connectivity index (χ3n) is 6.59. The summed E-state index contributed by atoms with van der Waals surface area (Å²) >= 11 is 3.62. The number of imidazole rings is 1. The van der Waals surface area contributed by atoms with Crippen LogP contribution >= 0.6 is 15.9 Å². The molecule has 1 saturated heterocycles. The summed E-state index contributed by atoms with van der Waals surface area (Å²) in [5, 5.41) is 4.71. The van der Waals surface area contributed by atoms with Crippen molar-refractivity contribution >= 4 is 49.9 Å². The van der Waals surface area contributed by atoms with Gasteiger partial charge < -0.3 is 19.5 Å². The predicted molar refractivity (Wildman–Crippen MR) is 138 cm³/mol. The molecule has 1 aromatic heterocycles. The van der Waals surface area contributed by atoms with Crippen LogP contribution in [0.3, 0.4) is 0 Å². The Kier molecular flexibility index (Phi) is 5.46. The number of hydrogen-bond donors (Lipinski definition) is 1. The third kappa shape index (κ3) is 3.89. The number of rotatable bonds is 0. The van der Waals surface area contributed by atoms with Crippen LogP contribution in [0.2, 0.25) is 0 Å². The number of carbonyl (C=O) groups excluding carboxylic acids is 2. The molecule has 3 aromatic carbocycles. The van der Waals surface area contributed by atoms with Gasteiger partial charge in [0.15, 0.2) is 0 Å². The molecular formula is C27H20BrN5O3. The maximum absolute atomic E-state index is 13.4. The van der Waals surface area contributed by atoms with Crippen LogP contribution in [0.25, 0.3) is 15.6 Å². The van der Waals surface area contributed by atoms with Gasteiger partial charge in [-0.15, -0.1) is 0 Å². The van der Waals surface area contributed by atoms with Crippen molar-refractivity contribution in [2.24, 2.45) is 0 Å². The SMILES string of the molecule is [C-]#[N+]c1ccc2cc1Oc1ccc3ccc(Br)c(c3c1)N1CC[C@H](NC(=O)Cc3cncn3C2)C1=O. The van der Waals surface area contributed by atoms with Gasteiger partial charge in [0.05, 0.1) is 25.0 Å². The molecule has 1 atom stereocenters. The van der Waals surface area contributed by atoms with Crippen LogP contribution in [0.15, 0.2) is 65.5 Å². The van der Waals surface area contributed by atoms with E-state index in [2.05, 4.69) is 31.1 Å². The smallest absolute Gasteiger partial charge is 0.249 e. The number of carbonyl (C=O) groups is 2. The van der Waals surface area contributed by atoms with E-state index in [-0.39, 0.29) is 18.2 Å². The van der Waals surface area contributed by atoms with Crippen molar-refractivity contribution in [2.45, 2.75) is 25.4 Å². The Hall–Kier alpha value is -4.16. The molecule has 0 saturated carbocycles. The minimum absolute atomic E-state index is 0.104. The van der Waals surface area contributed by atoms with Crippen LogP contribution in [0, 0.1) is 6.57 Å². The third-order valence-corrected chi connectivity index (χ3v) is 7.23. The molecule has 36 heavy (non-hydrogen) atoms. The summed E-state index contributed by atoms with van der Waals surface area (Å²) in [7, 11) is 0. The largest absolute Gasteiger partial charge is 0.468 e. The molecule has 4 aromatic rings. The number of amides is 2. The highest BCUT2D eigenvalue weighted by molar-refractivity contribution is 9.10. The van der Waals surface area contributed by atoms with Crippen LogP contribution in [0.1, 0.15) is 17.7 Å². The van der Waals surface area contributed by atoms with Gasteiger partial charge in [-0.2, -0.15) is 0 Å². The number of fused-ring (bicyclic) bond motifs is 7. The molecule has 0 aliphatic carbocycles. The summed E-state index contributed by atoms with van der Waals surface area (Å²) < 4.78 is 8.90. The molecule has 9 heteroatoms. The van der Waals surface area contributed by atoms with Gasteiger partial charge in [0, 0.05) is 34.8 Å². The Morgan fingerprint density at radius 2 is 2.00 bits per heavy atom. The maximum Gasteiger partial charge on any atom is 0.249 e. The van der Waals surface area contributed by atoms with Crippen molar-refractivity contribution < 1.29 is 14.3 Å². The Bertz CT molecular complexity index is 1590. The van der Waals surface area contributed by atoms with Crippen molar-refractivity contribution in [1.82, 2.24) is 14.9 Å². The van der Waals surface area contributed by atoms with Crippen LogP contribution in [0.4, 0.5) is 11.4 Å². The predicted octanol–water partition coefficient (Wildman–Crippen LogP) is 4.97. The minimum Gasteiger partial charge on any atom is -0.468 e. The number of anilines is 1. The van der Waals surface area contributed by atoms with Gasteiger partial charge in [0.2, 0.25) is 17.5 Å². The van der Waals surface area contributed by atoms with Gasteiger partial charge in [-0.3, -0.25) is 9.59 Å². The lowest BCUT2D eigenvalue weighted by atomic mass is 10.1. The number of nitrogens with one attached hydrogen (secondary N) is 1. The first-order chi connectivity index (χ1) is 17.5. The van der Waals surface area contributed by atoms with Crippen LogP contribution in [-0.2, 0) is 22.6 Å². The summed E-state index contributed by atoms with van der Waals surface area (Å²) in [5.41, 5.74) is 2.77. The van der Waals surface area contributed by atoms with Crippen molar-refractivity contribution in [1.29, 1.82) is 0 Å². The van der Waals surface area contributed by atoms with Gasteiger partial charge in [0.1, 0.15) is 17.5 Å². The van der Waals surface area contributed by atoms with E-state index < -0.39 is 6.04 Å². The molecule has 0 unspecified atom stereocenters. The summed E-state index contributed by atoms with van der Waals surface area (Å²) in [6.07, 6.45) is 3.95. The number of halogens is 1. The van der Waals surface area contributed by atoms with Gasteiger partial charge in [-0.1, -0.05) is 24.3 Å². The van der Waals surface area contributed by atoms with Crippen molar-refractivity contribution in [3.05, 3.63) is 88.2 Å². The second-order valence-electron chi connectivity index (χ2n) is 8.88. The van der Waals surface area contributed by atoms with E-state index in [0.29, 0.717) is 36.7 Å². The molecule has 8 nitrogen and oxygen atoms in total. The summed E-state index contributed by atoms with van der Waals surface area (Å²) in [6, 6.07) is 14.4. The molecule has 2 aliphatic rings. The average Bonchev–Trinajstić information content (AvgIpc) is 3.44. The average molecular weight is 542 g/mol. The second kappa shape index (κ2) is 8.81. The van der Waals surface area contributed by atoms with E-state index in [1.807, 2.05) is 47.0 Å². The van der Waals surface area contributed by atoms with Gasteiger partial charge in [-0.25, -0.2) is 9.83 Å². The van der Waals surface area contributed by atoms with E-state index >= 15 is 0 Å². The molecule has 6 bridgehead atoms. The van der Waals surface area contributed by atoms with Crippen LogP contribution in [-0.4, -0.2) is 34.0 Å². The number of hydrogen-bond acceptors (Lipinski definition) is 4. The monoisotopic (exact) mass is 541 g/mol. The number of benzene rings is 3. The van der Waals surface area contributed by atoms with Gasteiger partial charge in [-0.05, 0) is 57.6 Å². The standard InChI is InChI=1S/C27H20BrN5O3/c1-29-22-7-2-16-10-24(22)36-19-5-3-17-4-6-21(28)26(20(17)12-19)33-9-8-23(27(33)35)31-25(34)11-18-13-30-15-32(18)14-16/h2-7,10,12-13,15,23H,8-9,11,14H2,(H,31,34)/t23-/m0/s1. The highest BCUT2D eigenvalue weighted by Crippen LogP contribution is 2.40. The minimum atomic E-state index is -0.595. The molecule has 0 spiro atoms. The fourth-order valence-electron chi connectivity index (χ4n) is 4.83. The van der Waals surface area contributed by atoms with Crippen molar-refractivity contribution in [3.8, 4) is 11.5 Å². The fourth-order valence-corrected chi connectivity index (χ4v) is 5.39. The molecule has 1 N–H and O–H groups in total. The van der Waals surface area contributed by atoms with E-state index in [1.165, 1.54) is 0 Å². The van der Waals surface area contributed by atoms with E-state index in [9.17, 15) is 9.59 Å². The van der Waals surface area contributed by atoms with Crippen molar-refractivity contribution in [2.75, 3.05) is 11.4 Å². The lowest BCUT2D eigenvalue weighted by Crippen LogP contribution is -2.42. The highest BCUT2D eigenvalue weighted by atomic mass is 79.9. The van der Waals surface area contributed by atoms with Gasteiger partial charge >= 0.3 is 0 Å². The molecule has 1 fully saturated rings. The number of ether oxygens (including phenoxy) is 1. The Labute approximate surface area is 215 Å². The zero-order valence-corrected chi connectivity index (χ0v) is 20.7. The Morgan fingerprint density at radius 1 is 1.14 bits per heavy atom. The number of aromatic nitrogens is 2. The van der Waals surface area contributed by atoms with E-state index in [0.717, 1.165) is 32.2 Å². The zero-order valence-electron chi connectivity index (χ0n) is 19.1. The molecule has 6 rings (SSSR count). The molecule has 2 amide bonds. The Balaban J connectivity index is 1.52. The molecular weight excluding hydrogens is 522 g/mol. The van der Waals surface area contributed by atoms with E-state index in [1.54, 1.807) is 23.5 Å². The fraction of sp³-hybridized carbons (Fsp3) is 0.185. The molecule has 2 aliphatic heterocycles. The van der Waals surface area contributed by atoms with Crippen LogP contribution in [0.5, 0.6) is 11.5 Å². The first kappa shape index (κ1) is 22.3. The second-order valence-corrected chi connectivity index (χ2v) is 9.74. The lowest BCUT2D eigenvalue weighted by molar-refractivity contribution is -0.126. The first-order valence-electron chi connectivity index (χ1n) is 11.5. The quantitative estimate of drug-likeness (QED) is 0.319. The van der Waals surface area contributed by atoms with Gasteiger partial charge in [0.25, 0.3) is 0 Å². The topological polar surface area (TPSA) is 80.8 Å². The summed E-state index contributed by atoms with van der Waals surface area (Å²) in [5.74, 6) is 0.628. The molecule has 178 valence electrons. The van der Waals surface area contributed by atoms with Crippen LogP contribution < -0.4 is 15.0 Å². The molecule has 0 radical (unpaired) electrons. The first-order valence-corrected chi connectivity index (χ1v) is 12.3. The normalized spacial score (nSPS) is 17.3. The summed E-state index contributed by atoms with van der Waals surface area (Å²) in [4.78, 5) is 35.9. The maximum atomic E-state index is 13.4. The molecule has 3 heterocycles. The van der Waals surface area contributed by atoms with E-state index in [4.69, 9.17) is 11.3 Å². The van der Waals surface area contributed by atoms with Crippen molar-refractivity contribution in [3.63, 3.8) is 0 Å². The lowest BCUT2D eigenvalue weighted by Gasteiger charge is -2.21. The summed E-state index contributed by atoms with van der Waals surface area (Å²) in [6.45, 7) is 8.54.